The third-order valence-corrected chi connectivity index (χ3v) is 4.93. The summed E-state index contributed by atoms with van der Waals surface area (Å²) >= 11 is 0. The number of benzene rings is 1. The van der Waals surface area contributed by atoms with Gasteiger partial charge in [-0.1, -0.05) is 0 Å². The number of hydrogen-bond acceptors (Lipinski definition) is 7. The molecule has 1 N–H and O–H groups in total. The topological polar surface area (TPSA) is 96.4 Å². The molecular formula is C15H22N2O6S. The van der Waals surface area contributed by atoms with Crippen LogP contribution in [0.15, 0.2) is 18.2 Å². The summed E-state index contributed by atoms with van der Waals surface area (Å²) in [4.78, 5) is 13.8. The van der Waals surface area contributed by atoms with Crippen molar-refractivity contribution < 1.29 is 27.8 Å². The van der Waals surface area contributed by atoms with Crippen LogP contribution in [-0.4, -0.2) is 77.2 Å². The molecule has 0 atom stereocenters. The van der Waals surface area contributed by atoms with Crippen molar-refractivity contribution >= 4 is 21.7 Å². The zero-order valence-electron chi connectivity index (χ0n) is 13.8. The number of carbonyl (C=O) groups is 1. The first-order chi connectivity index (χ1) is 11.3. The van der Waals surface area contributed by atoms with Crippen LogP contribution in [0.5, 0.6) is 5.75 Å². The summed E-state index contributed by atoms with van der Waals surface area (Å²) in [5, 5.41) is 9.81. The first-order valence-electron chi connectivity index (χ1n) is 7.51. The molecule has 1 heterocycles. The van der Waals surface area contributed by atoms with Crippen molar-refractivity contribution in [3.63, 3.8) is 0 Å². The number of phenols is 1. The molecule has 0 amide bonds. The first-order valence-corrected chi connectivity index (χ1v) is 9.36. The van der Waals surface area contributed by atoms with Crippen LogP contribution >= 0.6 is 0 Å². The van der Waals surface area contributed by atoms with Crippen molar-refractivity contribution in [2.75, 3.05) is 57.1 Å². The van der Waals surface area contributed by atoms with Gasteiger partial charge in [-0.05, 0) is 12.1 Å². The van der Waals surface area contributed by atoms with E-state index in [0.29, 0.717) is 19.8 Å². The highest BCUT2D eigenvalue weighted by Gasteiger charge is 2.21. The van der Waals surface area contributed by atoms with Crippen molar-refractivity contribution in [2.45, 2.75) is 0 Å². The highest BCUT2D eigenvalue weighted by atomic mass is 32.2. The molecule has 0 bridgehead atoms. The van der Waals surface area contributed by atoms with Crippen LogP contribution in [-0.2, 0) is 19.5 Å². The van der Waals surface area contributed by atoms with E-state index in [4.69, 9.17) is 4.74 Å². The SMILES string of the molecule is COC(=O)c1cc(O)cc(N(CCN2CCOCC2)S(C)(=O)=O)c1. The van der Waals surface area contributed by atoms with E-state index in [9.17, 15) is 18.3 Å². The summed E-state index contributed by atoms with van der Waals surface area (Å²) in [6.45, 7) is 3.47. The molecule has 1 aliphatic heterocycles. The Hall–Kier alpha value is -1.84. The molecule has 0 aliphatic carbocycles. The second-order valence-corrected chi connectivity index (χ2v) is 7.43. The molecule has 1 aromatic carbocycles. The molecule has 2 rings (SSSR count). The predicted molar refractivity (Wildman–Crippen MR) is 88.9 cm³/mol. The standard InChI is InChI=1S/C15H22N2O6S/c1-22-15(19)12-9-13(11-14(18)10-12)17(24(2,20)21)4-3-16-5-7-23-8-6-16/h9-11,18H,3-8H2,1-2H3. The van der Waals surface area contributed by atoms with Gasteiger partial charge in [-0.2, -0.15) is 0 Å². The third-order valence-electron chi connectivity index (χ3n) is 3.73. The molecule has 9 heteroatoms. The maximum atomic E-state index is 12.2. The number of hydrogen-bond donors (Lipinski definition) is 1. The minimum absolute atomic E-state index is 0.0903. The highest BCUT2D eigenvalue weighted by molar-refractivity contribution is 7.92. The number of carbonyl (C=O) groups excluding carboxylic acids is 1. The first kappa shape index (κ1) is 18.5. The Labute approximate surface area is 141 Å². The molecular weight excluding hydrogens is 336 g/mol. The van der Waals surface area contributed by atoms with Crippen molar-refractivity contribution in [2.24, 2.45) is 0 Å². The van der Waals surface area contributed by atoms with Gasteiger partial charge in [-0.25, -0.2) is 13.2 Å². The molecule has 8 nitrogen and oxygen atoms in total. The molecule has 1 aromatic rings. The van der Waals surface area contributed by atoms with Gasteiger partial charge in [0.05, 0.1) is 37.8 Å². The van der Waals surface area contributed by atoms with Gasteiger partial charge in [0.15, 0.2) is 0 Å². The fourth-order valence-electron chi connectivity index (χ4n) is 2.52. The van der Waals surface area contributed by atoms with Crippen LogP contribution in [0.1, 0.15) is 10.4 Å². The molecule has 1 aliphatic rings. The van der Waals surface area contributed by atoms with Gasteiger partial charge >= 0.3 is 5.97 Å². The normalized spacial score (nSPS) is 15.9. The van der Waals surface area contributed by atoms with Gasteiger partial charge < -0.3 is 14.6 Å². The van der Waals surface area contributed by atoms with Crippen LogP contribution in [0.2, 0.25) is 0 Å². The average Bonchev–Trinajstić information content (AvgIpc) is 2.53. The van der Waals surface area contributed by atoms with E-state index < -0.39 is 16.0 Å². The Morgan fingerprint density at radius 2 is 2.00 bits per heavy atom. The van der Waals surface area contributed by atoms with Crippen LogP contribution in [0.4, 0.5) is 5.69 Å². The summed E-state index contributed by atoms with van der Waals surface area (Å²) in [6, 6.07) is 3.94. The third kappa shape index (κ3) is 4.83. The van der Waals surface area contributed by atoms with Gasteiger partial charge in [-0.3, -0.25) is 9.21 Å². The number of esters is 1. The highest BCUT2D eigenvalue weighted by Crippen LogP contribution is 2.25. The van der Waals surface area contributed by atoms with Gasteiger partial charge in [0.25, 0.3) is 0 Å². The summed E-state index contributed by atoms with van der Waals surface area (Å²) in [7, 11) is -2.35. The van der Waals surface area contributed by atoms with Crippen LogP contribution in [0.3, 0.4) is 0 Å². The largest absolute Gasteiger partial charge is 0.508 e. The number of rotatable bonds is 6. The molecule has 0 aromatic heterocycles. The lowest BCUT2D eigenvalue weighted by atomic mass is 10.2. The van der Waals surface area contributed by atoms with E-state index in [1.54, 1.807) is 0 Å². The summed E-state index contributed by atoms with van der Waals surface area (Å²) in [6.07, 6.45) is 1.09. The molecule has 0 spiro atoms. The predicted octanol–water partition coefficient (Wildman–Crippen LogP) is 0.277. The second kappa shape index (κ2) is 7.82. The Kier molecular flexibility index (Phi) is 6.03. The number of anilines is 1. The van der Waals surface area contributed by atoms with Crippen LogP contribution < -0.4 is 4.31 Å². The van der Waals surface area contributed by atoms with Gasteiger partial charge in [0.1, 0.15) is 5.75 Å². The van der Waals surface area contributed by atoms with E-state index >= 15 is 0 Å². The minimum atomic E-state index is -3.57. The number of aromatic hydroxyl groups is 1. The maximum Gasteiger partial charge on any atom is 0.338 e. The summed E-state index contributed by atoms with van der Waals surface area (Å²) < 4.78 is 35.4. The number of morpholine rings is 1. The van der Waals surface area contributed by atoms with Gasteiger partial charge in [-0.15, -0.1) is 0 Å². The van der Waals surface area contributed by atoms with Crippen LogP contribution in [0, 0.1) is 0 Å². The molecule has 1 saturated heterocycles. The molecule has 0 radical (unpaired) electrons. The smallest absolute Gasteiger partial charge is 0.338 e. The quantitative estimate of drug-likeness (QED) is 0.730. The van der Waals surface area contributed by atoms with Gasteiger partial charge in [0, 0.05) is 32.2 Å². The lowest BCUT2D eigenvalue weighted by Crippen LogP contribution is -2.43. The van der Waals surface area contributed by atoms with Crippen molar-refractivity contribution in [1.29, 1.82) is 0 Å². The lowest BCUT2D eigenvalue weighted by Gasteiger charge is -2.30. The summed E-state index contributed by atoms with van der Waals surface area (Å²) in [5.74, 6) is -0.846. The summed E-state index contributed by atoms with van der Waals surface area (Å²) in [5.41, 5.74) is 0.318. The zero-order chi connectivity index (χ0) is 17.7. The maximum absolute atomic E-state index is 12.2. The van der Waals surface area contributed by atoms with Gasteiger partial charge in [0.2, 0.25) is 10.0 Å². The van der Waals surface area contributed by atoms with Crippen molar-refractivity contribution in [1.82, 2.24) is 4.90 Å². The van der Waals surface area contributed by atoms with E-state index in [1.807, 2.05) is 0 Å². The second-order valence-electron chi connectivity index (χ2n) is 5.52. The molecule has 0 saturated carbocycles. The van der Waals surface area contributed by atoms with E-state index in [1.165, 1.54) is 29.6 Å². The molecule has 24 heavy (non-hydrogen) atoms. The Balaban J connectivity index is 2.24. The van der Waals surface area contributed by atoms with Crippen molar-refractivity contribution in [3.05, 3.63) is 23.8 Å². The number of ether oxygens (including phenoxy) is 2. The van der Waals surface area contributed by atoms with E-state index in [2.05, 4.69) is 9.64 Å². The minimum Gasteiger partial charge on any atom is -0.508 e. The Bertz CT molecular complexity index is 685. The molecule has 134 valence electrons. The molecule has 0 unspecified atom stereocenters. The van der Waals surface area contributed by atoms with E-state index in [0.717, 1.165) is 19.3 Å². The average molecular weight is 358 g/mol. The number of phenolic OH excluding ortho intramolecular Hbond substituents is 1. The van der Waals surface area contributed by atoms with Crippen LogP contribution in [0.25, 0.3) is 0 Å². The fraction of sp³-hybridized carbons (Fsp3) is 0.533. The van der Waals surface area contributed by atoms with E-state index in [-0.39, 0.29) is 23.5 Å². The number of nitrogens with zero attached hydrogens (tertiary/aromatic N) is 2. The monoisotopic (exact) mass is 358 g/mol. The lowest BCUT2D eigenvalue weighted by molar-refractivity contribution is 0.0395. The van der Waals surface area contributed by atoms with Crippen molar-refractivity contribution in [3.8, 4) is 5.75 Å². The molecule has 1 fully saturated rings. The Morgan fingerprint density at radius 1 is 1.33 bits per heavy atom. The fourth-order valence-corrected chi connectivity index (χ4v) is 3.42. The zero-order valence-corrected chi connectivity index (χ0v) is 14.6. The number of sulfonamides is 1. The number of methoxy groups -OCH3 is 1. The Morgan fingerprint density at radius 3 is 2.58 bits per heavy atom.